The Morgan fingerprint density at radius 1 is 1.47 bits per heavy atom. The third kappa shape index (κ3) is 5.80. The Balaban J connectivity index is 2.35. The molecule has 19 heavy (non-hydrogen) atoms. The van der Waals surface area contributed by atoms with Crippen molar-refractivity contribution in [1.82, 2.24) is 15.2 Å². The standard InChI is InChI=1S/C12H19F2N3O2/c1-9(18)7-15-4-5-16-12(19)10-3-2-6-17(10)8-11(13)14/h2-3,6,9,11,15,18H,4-5,7-8H2,1H3,(H,16,19). The SMILES string of the molecule is CC(O)CNCCNC(=O)c1cccn1CC(F)F. The van der Waals surface area contributed by atoms with Gasteiger partial charge in [-0.1, -0.05) is 0 Å². The fourth-order valence-electron chi connectivity index (χ4n) is 1.59. The number of aliphatic hydroxyl groups is 1. The first kappa shape index (κ1) is 15.6. The Hall–Kier alpha value is -1.47. The van der Waals surface area contributed by atoms with E-state index in [9.17, 15) is 13.6 Å². The van der Waals surface area contributed by atoms with Crippen LogP contribution in [0.15, 0.2) is 18.3 Å². The van der Waals surface area contributed by atoms with Crippen molar-refractivity contribution in [2.75, 3.05) is 19.6 Å². The maximum Gasteiger partial charge on any atom is 0.267 e. The summed E-state index contributed by atoms with van der Waals surface area (Å²) in [6.07, 6.45) is -1.49. The second-order valence-electron chi connectivity index (χ2n) is 4.25. The van der Waals surface area contributed by atoms with Crippen LogP contribution in [0.5, 0.6) is 0 Å². The Bertz CT molecular complexity index is 394. The van der Waals surface area contributed by atoms with Crippen molar-refractivity contribution >= 4 is 5.91 Å². The van der Waals surface area contributed by atoms with E-state index >= 15 is 0 Å². The number of nitrogens with one attached hydrogen (secondary N) is 2. The molecule has 108 valence electrons. The maximum atomic E-state index is 12.3. The lowest BCUT2D eigenvalue weighted by atomic mass is 10.4. The predicted molar refractivity (Wildman–Crippen MR) is 67.3 cm³/mol. The number of aliphatic hydroxyl groups excluding tert-OH is 1. The van der Waals surface area contributed by atoms with Crippen molar-refractivity contribution in [3.63, 3.8) is 0 Å². The summed E-state index contributed by atoms with van der Waals surface area (Å²) in [6.45, 7) is 2.48. The van der Waals surface area contributed by atoms with Crippen LogP contribution in [0, 0.1) is 0 Å². The molecule has 3 N–H and O–H groups in total. The summed E-state index contributed by atoms with van der Waals surface area (Å²) in [7, 11) is 0. The first-order valence-electron chi connectivity index (χ1n) is 6.11. The highest BCUT2D eigenvalue weighted by Gasteiger charge is 2.13. The van der Waals surface area contributed by atoms with E-state index in [-0.39, 0.29) is 11.6 Å². The van der Waals surface area contributed by atoms with Crippen LogP contribution in [0.3, 0.4) is 0 Å². The molecule has 1 unspecified atom stereocenters. The molecular weight excluding hydrogens is 256 g/mol. The third-order valence-corrected chi connectivity index (χ3v) is 2.42. The lowest BCUT2D eigenvalue weighted by Gasteiger charge is -2.10. The predicted octanol–water partition coefficient (Wildman–Crippen LogP) is 0.453. The number of hydrogen-bond acceptors (Lipinski definition) is 3. The van der Waals surface area contributed by atoms with E-state index < -0.39 is 19.1 Å². The van der Waals surface area contributed by atoms with Crippen LogP contribution in [-0.2, 0) is 6.54 Å². The summed E-state index contributed by atoms with van der Waals surface area (Å²) >= 11 is 0. The average Bonchev–Trinajstić information content (AvgIpc) is 2.75. The van der Waals surface area contributed by atoms with Crippen LogP contribution in [-0.4, -0.2) is 47.7 Å². The molecule has 7 heteroatoms. The normalized spacial score (nSPS) is 12.7. The van der Waals surface area contributed by atoms with Gasteiger partial charge in [-0.3, -0.25) is 4.79 Å². The van der Waals surface area contributed by atoms with Gasteiger partial charge in [-0.25, -0.2) is 8.78 Å². The van der Waals surface area contributed by atoms with E-state index in [2.05, 4.69) is 10.6 Å². The van der Waals surface area contributed by atoms with Gasteiger partial charge in [0.05, 0.1) is 12.6 Å². The molecule has 0 aliphatic rings. The van der Waals surface area contributed by atoms with Crippen LogP contribution >= 0.6 is 0 Å². The summed E-state index contributed by atoms with van der Waals surface area (Å²) in [4.78, 5) is 11.8. The molecular formula is C12H19F2N3O2. The van der Waals surface area contributed by atoms with Crippen molar-refractivity contribution in [1.29, 1.82) is 0 Å². The monoisotopic (exact) mass is 275 g/mol. The van der Waals surface area contributed by atoms with E-state index in [1.165, 1.54) is 16.8 Å². The summed E-state index contributed by atoms with van der Waals surface area (Å²) in [5, 5.41) is 14.6. The molecule has 0 saturated heterocycles. The van der Waals surface area contributed by atoms with E-state index in [0.717, 1.165) is 0 Å². The van der Waals surface area contributed by atoms with E-state index in [0.29, 0.717) is 19.6 Å². The van der Waals surface area contributed by atoms with Crippen LogP contribution in [0.1, 0.15) is 17.4 Å². The quantitative estimate of drug-likeness (QED) is 0.604. The molecule has 1 rings (SSSR count). The molecule has 1 aromatic heterocycles. The number of carbonyl (C=O) groups excluding carboxylic acids is 1. The number of alkyl halides is 2. The minimum absolute atomic E-state index is 0.218. The zero-order valence-corrected chi connectivity index (χ0v) is 10.8. The molecule has 0 aliphatic heterocycles. The largest absolute Gasteiger partial charge is 0.392 e. The minimum Gasteiger partial charge on any atom is -0.392 e. The number of carbonyl (C=O) groups is 1. The number of aromatic nitrogens is 1. The fraction of sp³-hybridized carbons (Fsp3) is 0.583. The van der Waals surface area contributed by atoms with Gasteiger partial charge in [-0.05, 0) is 19.1 Å². The van der Waals surface area contributed by atoms with E-state index in [1.54, 1.807) is 13.0 Å². The Labute approximate surface area is 110 Å². The molecule has 1 atom stereocenters. The van der Waals surface area contributed by atoms with Gasteiger partial charge in [-0.2, -0.15) is 0 Å². The molecule has 0 bridgehead atoms. The summed E-state index contributed by atoms with van der Waals surface area (Å²) in [5.74, 6) is -0.385. The Morgan fingerprint density at radius 3 is 2.84 bits per heavy atom. The summed E-state index contributed by atoms with van der Waals surface area (Å²) < 4.78 is 25.8. The average molecular weight is 275 g/mol. The van der Waals surface area contributed by atoms with Crippen LogP contribution in [0.25, 0.3) is 0 Å². The number of rotatable bonds is 8. The Kier molecular flexibility index (Phi) is 6.44. The topological polar surface area (TPSA) is 66.3 Å². The highest BCUT2D eigenvalue weighted by molar-refractivity contribution is 5.92. The highest BCUT2D eigenvalue weighted by Crippen LogP contribution is 2.06. The van der Waals surface area contributed by atoms with Gasteiger partial charge in [0.1, 0.15) is 5.69 Å². The van der Waals surface area contributed by atoms with Crippen molar-refractivity contribution < 1.29 is 18.7 Å². The van der Waals surface area contributed by atoms with Crippen LogP contribution in [0.4, 0.5) is 8.78 Å². The summed E-state index contributed by atoms with van der Waals surface area (Å²) in [5.41, 5.74) is 0.218. The maximum absolute atomic E-state index is 12.3. The van der Waals surface area contributed by atoms with E-state index in [4.69, 9.17) is 5.11 Å². The first-order valence-corrected chi connectivity index (χ1v) is 6.11. The highest BCUT2D eigenvalue weighted by atomic mass is 19.3. The van der Waals surface area contributed by atoms with Crippen molar-refractivity contribution in [3.05, 3.63) is 24.0 Å². The molecule has 0 spiro atoms. The molecule has 5 nitrogen and oxygen atoms in total. The molecule has 0 radical (unpaired) electrons. The molecule has 0 saturated carbocycles. The van der Waals surface area contributed by atoms with Gasteiger partial charge in [0.25, 0.3) is 12.3 Å². The van der Waals surface area contributed by atoms with Crippen molar-refractivity contribution in [2.45, 2.75) is 26.0 Å². The zero-order chi connectivity index (χ0) is 14.3. The molecule has 1 heterocycles. The molecule has 0 aromatic carbocycles. The van der Waals surface area contributed by atoms with Crippen molar-refractivity contribution in [2.24, 2.45) is 0 Å². The third-order valence-electron chi connectivity index (χ3n) is 2.42. The van der Waals surface area contributed by atoms with Gasteiger partial charge in [0, 0.05) is 25.8 Å². The molecule has 0 fully saturated rings. The molecule has 0 aliphatic carbocycles. The zero-order valence-electron chi connectivity index (χ0n) is 10.8. The molecule has 1 aromatic rings. The van der Waals surface area contributed by atoms with Gasteiger partial charge in [0.2, 0.25) is 0 Å². The second kappa shape index (κ2) is 7.85. The second-order valence-corrected chi connectivity index (χ2v) is 4.25. The van der Waals surface area contributed by atoms with Gasteiger partial charge < -0.3 is 20.3 Å². The van der Waals surface area contributed by atoms with Gasteiger partial charge in [0.15, 0.2) is 0 Å². The van der Waals surface area contributed by atoms with Gasteiger partial charge in [-0.15, -0.1) is 0 Å². The number of halogens is 2. The van der Waals surface area contributed by atoms with E-state index in [1.807, 2.05) is 0 Å². The first-order chi connectivity index (χ1) is 9.00. The number of nitrogens with zero attached hydrogens (tertiary/aromatic N) is 1. The van der Waals surface area contributed by atoms with Crippen LogP contribution in [0.2, 0.25) is 0 Å². The minimum atomic E-state index is -2.49. The number of hydrogen-bond donors (Lipinski definition) is 3. The molecule has 1 amide bonds. The Morgan fingerprint density at radius 2 is 2.21 bits per heavy atom. The smallest absolute Gasteiger partial charge is 0.267 e. The lowest BCUT2D eigenvalue weighted by molar-refractivity contribution is 0.0930. The van der Waals surface area contributed by atoms with Gasteiger partial charge >= 0.3 is 0 Å². The van der Waals surface area contributed by atoms with Crippen molar-refractivity contribution in [3.8, 4) is 0 Å². The number of amides is 1. The fourth-order valence-corrected chi connectivity index (χ4v) is 1.59. The summed E-state index contributed by atoms with van der Waals surface area (Å²) in [6, 6.07) is 3.06. The van der Waals surface area contributed by atoms with Crippen LogP contribution < -0.4 is 10.6 Å². The lowest BCUT2D eigenvalue weighted by Crippen LogP contribution is -2.35.